The van der Waals surface area contributed by atoms with Gasteiger partial charge >= 0.3 is 0 Å². The molecule has 1 aliphatic heterocycles. The summed E-state index contributed by atoms with van der Waals surface area (Å²) < 4.78 is 0. The number of carbonyl (C=O) groups is 2. The van der Waals surface area contributed by atoms with E-state index in [0.717, 1.165) is 5.69 Å². The van der Waals surface area contributed by atoms with Gasteiger partial charge < -0.3 is 10.6 Å². The topological polar surface area (TPSA) is 66.0 Å². The van der Waals surface area contributed by atoms with Crippen LogP contribution in [0.1, 0.15) is 39.3 Å². The number of rotatable bonds is 4. The zero-order chi connectivity index (χ0) is 18.9. The number of nitrogens with one attached hydrogen (secondary N) is 1. The van der Waals surface area contributed by atoms with Crippen molar-refractivity contribution in [2.24, 2.45) is 0 Å². The molecule has 2 aromatic carbocycles. The number of benzene rings is 2. The van der Waals surface area contributed by atoms with Gasteiger partial charge in [0.1, 0.15) is 11.6 Å². The molecule has 3 rings (SSSR count). The lowest BCUT2D eigenvalue weighted by Gasteiger charge is -2.42. The Morgan fingerprint density at radius 3 is 2.35 bits per heavy atom. The summed E-state index contributed by atoms with van der Waals surface area (Å²) in [5.74, 6) is -0.243. The highest BCUT2D eigenvalue weighted by molar-refractivity contribution is 6.14. The van der Waals surface area contributed by atoms with E-state index in [2.05, 4.69) is 24.4 Å². The number of nitrogens with zero attached hydrogens (tertiary/aromatic N) is 1. The van der Waals surface area contributed by atoms with Gasteiger partial charge in [-0.15, -0.1) is 0 Å². The number of anilines is 2. The molecule has 1 heterocycles. The van der Waals surface area contributed by atoms with Crippen LogP contribution >= 0.6 is 0 Å². The second kappa shape index (κ2) is 6.92. The lowest BCUT2D eigenvalue weighted by molar-refractivity contribution is -0.710. The molecule has 3 N–H and O–H groups in total. The molecule has 5 nitrogen and oxygen atoms in total. The van der Waals surface area contributed by atoms with Crippen molar-refractivity contribution < 1.29 is 14.9 Å². The minimum atomic E-state index is -0.941. The molecule has 2 amide bonds. The third-order valence-corrected chi connectivity index (χ3v) is 5.02. The van der Waals surface area contributed by atoms with Crippen LogP contribution in [0.25, 0.3) is 0 Å². The van der Waals surface area contributed by atoms with E-state index in [1.807, 2.05) is 54.7 Å². The van der Waals surface area contributed by atoms with E-state index in [1.165, 1.54) is 5.56 Å². The number of para-hydroxylation sites is 2. The van der Waals surface area contributed by atoms with Gasteiger partial charge in [0.15, 0.2) is 6.04 Å². The Bertz CT molecular complexity index is 817. The second-order valence-electron chi connectivity index (χ2n) is 7.38. The summed E-state index contributed by atoms with van der Waals surface area (Å²) in [7, 11) is 0. The summed E-state index contributed by atoms with van der Waals surface area (Å²) in [4.78, 5) is 27.5. The molecule has 5 heteroatoms. The average Bonchev–Trinajstić information content (AvgIpc) is 2.62. The first kappa shape index (κ1) is 18.1. The highest BCUT2D eigenvalue weighted by Gasteiger charge is 2.45. The zero-order valence-electron chi connectivity index (χ0n) is 15.7. The van der Waals surface area contributed by atoms with Crippen molar-refractivity contribution in [1.82, 2.24) is 0 Å². The fourth-order valence-corrected chi connectivity index (χ4v) is 3.43. The molecule has 0 aliphatic carbocycles. The van der Waals surface area contributed by atoms with Crippen LogP contribution in [0.15, 0.2) is 54.6 Å². The van der Waals surface area contributed by atoms with E-state index >= 15 is 0 Å². The van der Waals surface area contributed by atoms with Crippen LogP contribution in [0.4, 0.5) is 11.4 Å². The van der Waals surface area contributed by atoms with Gasteiger partial charge in [0.25, 0.3) is 5.91 Å². The second-order valence-corrected chi connectivity index (χ2v) is 7.38. The monoisotopic (exact) mass is 352 g/mol. The van der Waals surface area contributed by atoms with Crippen LogP contribution in [-0.2, 0) is 9.59 Å². The van der Waals surface area contributed by atoms with E-state index in [9.17, 15) is 9.59 Å². The largest absolute Gasteiger partial charge is 0.330 e. The lowest BCUT2D eigenvalue weighted by Crippen LogP contribution is -2.92. The first-order valence-corrected chi connectivity index (χ1v) is 8.97. The van der Waals surface area contributed by atoms with E-state index in [0.29, 0.717) is 5.69 Å². The Kier molecular flexibility index (Phi) is 4.83. The predicted octanol–water partition coefficient (Wildman–Crippen LogP) is 2.46. The van der Waals surface area contributed by atoms with Crippen molar-refractivity contribution in [3.63, 3.8) is 0 Å². The van der Waals surface area contributed by atoms with Gasteiger partial charge in [0, 0.05) is 5.56 Å². The molecule has 26 heavy (non-hydrogen) atoms. The van der Waals surface area contributed by atoms with Crippen molar-refractivity contribution in [3.8, 4) is 0 Å². The number of nitrogens with two attached hydrogens (primary N) is 1. The van der Waals surface area contributed by atoms with Crippen LogP contribution in [0, 0.1) is 0 Å². The average molecular weight is 352 g/mol. The summed E-state index contributed by atoms with van der Waals surface area (Å²) >= 11 is 0. The van der Waals surface area contributed by atoms with Crippen molar-refractivity contribution in [2.75, 3.05) is 10.2 Å². The molecule has 0 saturated heterocycles. The highest BCUT2D eigenvalue weighted by Crippen LogP contribution is 2.36. The number of hydrogen-bond acceptors (Lipinski definition) is 2. The van der Waals surface area contributed by atoms with Crippen LogP contribution < -0.4 is 15.5 Å². The third-order valence-electron chi connectivity index (χ3n) is 5.02. The maximum absolute atomic E-state index is 13.3. The molecule has 0 radical (unpaired) electrons. The molecular weight excluding hydrogens is 326 g/mol. The number of hydrogen-bond donors (Lipinski definition) is 2. The number of quaternary nitrogens is 1. The van der Waals surface area contributed by atoms with Crippen molar-refractivity contribution >= 4 is 23.2 Å². The fraction of sp³-hybridized carbons (Fsp3) is 0.333. The summed E-state index contributed by atoms with van der Waals surface area (Å²) in [6.45, 7) is 7.54. The van der Waals surface area contributed by atoms with Crippen LogP contribution in [0.3, 0.4) is 0 Å². The van der Waals surface area contributed by atoms with Crippen LogP contribution in [-0.4, -0.2) is 23.4 Å². The Morgan fingerprint density at radius 1 is 1.04 bits per heavy atom. The maximum atomic E-state index is 13.3. The highest BCUT2D eigenvalue weighted by atomic mass is 16.2. The van der Waals surface area contributed by atoms with Crippen LogP contribution in [0.2, 0.25) is 0 Å². The molecular formula is C21H26N3O2+. The number of fused-ring (bicyclic) bond motifs is 1. The molecule has 0 aromatic heterocycles. The van der Waals surface area contributed by atoms with Crippen LogP contribution in [0.5, 0.6) is 0 Å². The molecule has 0 bridgehead atoms. The van der Waals surface area contributed by atoms with Crippen molar-refractivity contribution in [1.29, 1.82) is 0 Å². The molecule has 0 spiro atoms. The predicted molar refractivity (Wildman–Crippen MR) is 103 cm³/mol. The summed E-state index contributed by atoms with van der Waals surface area (Å²) in [5.41, 5.74) is 1.65. The van der Waals surface area contributed by atoms with Gasteiger partial charge in [-0.05, 0) is 39.8 Å². The number of amides is 2. The van der Waals surface area contributed by atoms with E-state index < -0.39 is 5.54 Å². The third kappa shape index (κ3) is 3.22. The summed E-state index contributed by atoms with van der Waals surface area (Å²) in [6.07, 6.45) is 0. The Labute approximate surface area is 154 Å². The fourth-order valence-electron chi connectivity index (χ4n) is 3.43. The molecule has 0 unspecified atom stereocenters. The van der Waals surface area contributed by atoms with E-state index in [-0.39, 0.29) is 23.9 Å². The molecule has 0 saturated carbocycles. The normalized spacial score (nSPS) is 17.8. The standard InChI is InChI=1S/C21H25N3O2/c1-14(16-10-6-5-7-11-16)22-15(2)19(25)24-18-13-9-8-12-17(18)23-20(26)21(24,3)4/h5-15,22H,1-4H3,(H,23,26)/p+1/t14-,15-/m1/s1. The number of carbonyl (C=O) groups excluding carboxylic acids is 2. The van der Waals surface area contributed by atoms with Gasteiger partial charge in [-0.25, -0.2) is 0 Å². The first-order chi connectivity index (χ1) is 12.3. The van der Waals surface area contributed by atoms with E-state index in [4.69, 9.17) is 0 Å². The molecule has 1 aliphatic rings. The quantitative estimate of drug-likeness (QED) is 0.888. The zero-order valence-corrected chi connectivity index (χ0v) is 15.7. The van der Waals surface area contributed by atoms with Crippen molar-refractivity contribution in [3.05, 3.63) is 60.2 Å². The van der Waals surface area contributed by atoms with Gasteiger partial charge in [-0.1, -0.05) is 42.5 Å². The molecule has 136 valence electrons. The van der Waals surface area contributed by atoms with E-state index in [1.54, 1.807) is 18.7 Å². The molecule has 2 aromatic rings. The Hall–Kier alpha value is -2.66. The molecule has 2 atom stereocenters. The van der Waals surface area contributed by atoms with Gasteiger partial charge in [0.05, 0.1) is 11.4 Å². The first-order valence-electron chi connectivity index (χ1n) is 8.97. The van der Waals surface area contributed by atoms with Crippen molar-refractivity contribution in [2.45, 2.75) is 45.3 Å². The summed E-state index contributed by atoms with van der Waals surface area (Å²) in [5, 5.41) is 4.94. The SMILES string of the molecule is C[C@@H]([NH2+][C@H](C)c1ccccc1)C(=O)N1c2ccccc2NC(=O)C1(C)C. The van der Waals surface area contributed by atoms with Gasteiger partial charge in [0.2, 0.25) is 5.91 Å². The Balaban J connectivity index is 1.86. The Morgan fingerprint density at radius 2 is 1.65 bits per heavy atom. The lowest BCUT2D eigenvalue weighted by atomic mass is 9.95. The molecule has 0 fully saturated rings. The van der Waals surface area contributed by atoms with Gasteiger partial charge in [-0.3, -0.25) is 14.5 Å². The smallest absolute Gasteiger partial charge is 0.285 e. The minimum absolute atomic E-state index is 0.0694. The van der Waals surface area contributed by atoms with Gasteiger partial charge in [-0.2, -0.15) is 0 Å². The minimum Gasteiger partial charge on any atom is -0.330 e. The summed E-state index contributed by atoms with van der Waals surface area (Å²) in [6, 6.07) is 17.4. The maximum Gasteiger partial charge on any atom is 0.285 e.